The molecule has 0 amide bonds. The predicted octanol–water partition coefficient (Wildman–Crippen LogP) is 3.16. The fraction of sp³-hybridized carbons (Fsp3) is 0.300. The number of carbonyl (C=O) groups excluding carboxylic acids is 2. The fourth-order valence-electron chi connectivity index (χ4n) is 2.22. The van der Waals surface area contributed by atoms with Gasteiger partial charge in [-0.3, -0.25) is 0 Å². The number of carbonyl (C=O) groups is 2. The van der Waals surface area contributed by atoms with E-state index in [1.54, 1.807) is 14.0 Å². The summed E-state index contributed by atoms with van der Waals surface area (Å²) in [5.74, 6) is -0.401. The van der Waals surface area contributed by atoms with Crippen LogP contribution in [0.3, 0.4) is 0 Å². The molecule has 0 aliphatic heterocycles. The van der Waals surface area contributed by atoms with Gasteiger partial charge in [0.2, 0.25) is 0 Å². The number of benzene rings is 2. The highest BCUT2D eigenvalue weighted by molar-refractivity contribution is 5.79. The molecule has 0 radical (unpaired) electrons. The number of hydrogen-bond donors (Lipinski definition) is 0. The van der Waals surface area contributed by atoms with Crippen molar-refractivity contribution in [1.29, 1.82) is 0 Å². The van der Waals surface area contributed by atoms with Crippen molar-refractivity contribution in [2.24, 2.45) is 5.92 Å². The summed E-state index contributed by atoms with van der Waals surface area (Å²) in [5.41, 5.74) is 1.75. The average Bonchev–Trinajstić information content (AvgIpc) is 2.67. The van der Waals surface area contributed by atoms with Gasteiger partial charge in [0, 0.05) is 5.92 Å². The van der Waals surface area contributed by atoms with Crippen molar-refractivity contribution in [2.45, 2.75) is 26.2 Å². The zero-order valence-electron chi connectivity index (χ0n) is 14.4. The second-order valence-electron chi connectivity index (χ2n) is 5.67. The SMILES string of the molecule is COc1ccc(CO[C@H](C(=O)OCc2ccccc2)[C@@H](C)C=O)cc1. The first-order valence-corrected chi connectivity index (χ1v) is 8.04. The minimum atomic E-state index is -0.941. The van der Waals surface area contributed by atoms with Crippen LogP contribution in [0.5, 0.6) is 5.75 Å². The summed E-state index contributed by atoms with van der Waals surface area (Å²) in [6.07, 6.45) is -0.244. The Balaban J connectivity index is 1.94. The van der Waals surface area contributed by atoms with Crippen LogP contribution in [0.1, 0.15) is 18.1 Å². The van der Waals surface area contributed by atoms with Gasteiger partial charge < -0.3 is 19.0 Å². The molecule has 2 aromatic carbocycles. The van der Waals surface area contributed by atoms with Gasteiger partial charge in [0.1, 0.15) is 18.6 Å². The maximum atomic E-state index is 12.3. The van der Waals surface area contributed by atoms with Crippen molar-refractivity contribution >= 4 is 12.3 Å². The Morgan fingerprint density at radius 1 is 1.00 bits per heavy atom. The third-order valence-corrected chi connectivity index (χ3v) is 3.74. The zero-order chi connectivity index (χ0) is 18.1. The molecule has 0 spiro atoms. The third-order valence-electron chi connectivity index (χ3n) is 3.74. The molecule has 0 saturated carbocycles. The second kappa shape index (κ2) is 9.59. The van der Waals surface area contributed by atoms with Crippen LogP contribution in [0, 0.1) is 5.92 Å². The highest BCUT2D eigenvalue weighted by atomic mass is 16.6. The number of rotatable bonds is 9. The van der Waals surface area contributed by atoms with Gasteiger partial charge in [-0.25, -0.2) is 4.79 Å². The van der Waals surface area contributed by atoms with E-state index in [1.165, 1.54) is 0 Å². The van der Waals surface area contributed by atoms with Gasteiger partial charge in [-0.15, -0.1) is 0 Å². The van der Waals surface area contributed by atoms with Crippen molar-refractivity contribution in [3.63, 3.8) is 0 Å². The normalized spacial score (nSPS) is 12.9. The highest BCUT2D eigenvalue weighted by Gasteiger charge is 2.27. The van der Waals surface area contributed by atoms with Gasteiger partial charge >= 0.3 is 5.97 Å². The van der Waals surface area contributed by atoms with Crippen LogP contribution in [0.25, 0.3) is 0 Å². The van der Waals surface area contributed by atoms with E-state index in [2.05, 4.69) is 0 Å². The largest absolute Gasteiger partial charge is 0.497 e. The van der Waals surface area contributed by atoms with Crippen molar-refractivity contribution in [1.82, 2.24) is 0 Å². The average molecular weight is 342 g/mol. The Bertz CT molecular complexity index is 666. The fourth-order valence-corrected chi connectivity index (χ4v) is 2.22. The van der Waals surface area contributed by atoms with Crippen molar-refractivity contribution in [3.8, 4) is 5.75 Å². The van der Waals surface area contributed by atoms with E-state index in [1.807, 2.05) is 54.6 Å². The Kier molecular flexibility index (Phi) is 7.16. The molecule has 132 valence electrons. The molecule has 0 bridgehead atoms. The number of aldehydes is 1. The quantitative estimate of drug-likeness (QED) is 0.517. The number of esters is 1. The van der Waals surface area contributed by atoms with E-state index in [0.29, 0.717) is 6.29 Å². The number of ether oxygens (including phenoxy) is 3. The molecular weight excluding hydrogens is 320 g/mol. The van der Waals surface area contributed by atoms with Crippen LogP contribution >= 0.6 is 0 Å². The van der Waals surface area contributed by atoms with E-state index in [0.717, 1.165) is 16.9 Å². The standard InChI is InChI=1S/C20H22O5/c1-15(12-21)19(20(22)25-14-16-6-4-3-5-7-16)24-13-17-8-10-18(23-2)11-9-17/h3-12,15,19H,13-14H2,1-2H3/t15-,19-/m0/s1. The van der Waals surface area contributed by atoms with Crippen molar-refractivity contribution in [3.05, 3.63) is 65.7 Å². The topological polar surface area (TPSA) is 61.8 Å². The molecule has 5 heteroatoms. The van der Waals surface area contributed by atoms with E-state index in [-0.39, 0.29) is 13.2 Å². The van der Waals surface area contributed by atoms with Crippen LogP contribution in [0.4, 0.5) is 0 Å². The summed E-state index contributed by atoms with van der Waals surface area (Å²) in [5, 5.41) is 0. The van der Waals surface area contributed by atoms with Gasteiger partial charge in [-0.1, -0.05) is 49.4 Å². The van der Waals surface area contributed by atoms with E-state index in [9.17, 15) is 9.59 Å². The van der Waals surface area contributed by atoms with E-state index >= 15 is 0 Å². The molecule has 0 saturated heterocycles. The zero-order valence-corrected chi connectivity index (χ0v) is 14.4. The summed E-state index contributed by atoms with van der Waals surface area (Å²) in [6, 6.07) is 16.7. The first-order chi connectivity index (χ1) is 12.1. The molecular formula is C20H22O5. The lowest BCUT2D eigenvalue weighted by Gasteiger charge is -2.19. The molecule has 2 atom stereocenters. The van der Waals surface area contributed by atoms with Gasteiger partial charge in [0.25, 0.3) is 0 Å². The van der Waals surface area contributed by atoms with E-state index in [4.69, 9.17) is 14.2 Å². The molecule has 0 aliphatic rings. The monoisotopic (exact) mass is 342 g/mol. The minimum absolute atomic E-state index is 0.146. The van der Waals surface area contributed by atoms with Crippen molar-refractivity contribution in [2.75, 3.05) is 7.11 Å². The molecule has 0 aliphatic carbocycles. The second-order valence-corrected chi connectivity index (χ2v) is 5.67. The molecule has 0 unspecified atom stereocenters. The molecule has 25 heavy (non-hydrogen) atoms. The maximum Gasteiger partial charge on any atom is 0.336 e. The maximum absolute atomic E-state index is 12.3. The van der Waals surface area contributed by atoms with Crippen molar-refractivity contribution < 1.29 is 23.8 Å². The molecule has 0 aromatic heterocycles. The van der Waals surface area contributed by atoms with Crippen LogP contribution in [0.15, 0.2) is 54.6 Å². The van der Waals surface area contributed by atoms with Crippen LogP contribution in [-0.2, 0) is 32.3 Å². The van der Waals surface area contributed by atoms with Crippen LogP contribution < -0.4 is 4.74 Å². The van der Waals surface area contributed by atoms with Gasteiger partial charge in [-0.05, 0) is 23.3 Å². The summed E-state index contributed by atoms with van der Waals surface area (Å²) >= 11 is 0. The van der Waals surface area contributed by atoms with Crippen LogP contribution in [0.2, 0.25) is 0 Å². The predicted molar refractivity (Wildman–Crippen MR) is 93.0 cm³/mol. The summed E-state index contributed by atoms with van der Waals surface area (Å²) in [6.45, 7) is 1.98. The Labute approximate surface area is 147 Å². The number of hydrogen-bond acceptors (Lipinski definition) is 5. The lowest BCUT2D eigenvalue weighted by molar-refractivity contribution is -0.164. The van der Waals surface area contributed by atoms with Gasteiger partial charge in [0.05, 0.1) is 13.7 Å². The first kappa shape index (κ1) is 18.7. The Hall–Kier alpha value is -2.66. The number of methoxy groups -OCH3 is 1. The summed E-state index contributed by atoms with van der Waals surface area (Å²) < 4.78 is 16.1. The first-order valence-electron chi connectivity index (χ1n) is 8.04. The minimum Gasteiger partial charge on any atom is -0.497 e. The van der Waals surface area contributed by atoms with Crippen LogP contribution in [-0.4, -0.2) is 25.5 Å². The lowest BCUT2D eigenvalue weighted by Crippen LogP contribution is -2.33. The molecule has 0 heterocycles. The van der Waals surface area contributed by atoms with E-state index < -0.39 is 18.0 Å². The lowest BCUT2D eigenvalue weighted by atomic mass is 10.1. The molecule has 2 rings (SSSR count). The Morgan fingerprint density at radius 3 is 2.24 bits per heavy atom. The third kappa shape index (κ3) is 5.72. The van der Waals surface area contributed by atoms with Gasteiger partial charge in [-0.2, -0.15) is 0 Å². The highest BCUT2D eigenvalue weighted by Crippen LogP contribution is 2.15. The van der Waals surface area contributed by atoms with Gasteiger partial charge in [0.15, 0.2) is 6.10 Å². The molecule has 2 aromatic rings. The molecule has 0 N–H and O–H groups in total. The summed E-state index contributed by atoms with van der Waals surface area (Å²) in [7, 11) is 1.59. The molecule has 0 fully saturated rings. The summed E-state index contributed by atoms with van der Waals surface area (Å²) in [4.78, 5) is 23.4. The Morgan fingerprint density at radius 2 is 1.64 bits per heavy atom. The molecule has 5 nitrogen and oxygen atoms in total. The smallest absolute Gasteiger partial charge is 0.336 e.